The molecule has 1 N–H and O–H groups in total. The van der Waals surface area contributed by atoms with Crippen LogP contribution in [0.4, 0.5) is 11.4 Å². The molecule has 0 bridgehead atoms. The van der Waals surface area contributed by atoms with Crippen molar-refractivity contribution >= 4 is 39.5 Å². The zero-order valence-electron chi connectivity index (χ0n) is 19.7. The molecule has 0 spiro atoms. The van der Waals surface area contributed by atoms with Crippen LogP contribution in [0.3, 0.4) is 0 Å². The number of imide groups is 1. The van der Waals surface area contributed by atoms with E-state index in [0.717, 1.165) is 26.9 Å². The highest BCUT2D eigenvalue weighted by atomic mass is 16.5. The molecule has 6 nitrogen and oxygen atoms in total. The van der Waals surface area contributed by atoms with Crippen molar-refractivity contribution in [3.8, 4) is 11.5 Å². The standard InChI is InChI=1S/C29H24N2O4/c1-18-11-13-20(14-12-18)26-27(30-25-10-6-8-19-7-4-5-9-24(19)25)29(33)31(28(26)32)21-15-22(34-2)17-23(16-21)35-3/h4-17,30H,1-3H3. The van der Waals surface area contributed by atoms with E-state index in [-0.39, 0.29) is 5.70 Å². The molecule has 35 heavy (non-hydrogen) atoms. The highest BCUT2D eigenvalue weighted by Gasteiger charge is 2.40. The molecule has 0 unspecified atom stereocenters. The summed E-state index contributed by atoms with van der Waals surface area (Å²) in [6.07, 6.45) is 0. The summed E-state index contributed by atoms with van der Waals surface area (Å²) in [6, 6.07) is 26.3. The van der Waals surface area contributed by atoms with E-state index in [0.29, 0.717) is 28.3 Å². The zero-order valence-corrected chi connectivity index (χ0v) is 19.7. The summed E-state index contributed by atoms with van der Waals surface area (Å²) >= 11 is 0. The van der Waals surface area contributed by atoms with E-state index in [9.17, 15) is 9.59 Å². The lowest BCUT2D eigenvalue weighted by atomic mass is 10.0. The number of fused-ring (bicyclic) bond motifs is 1. The van der Waals surface area contributed by atoms with Gasteiger partial charge in [-0.2, -0.15) is 0 Å². The molecule has 0 aliphatic carbocycles. The van der Waals surface area contributed by atoms with Gasteiger partial charge in [-0.3, -0.25) is 9.59 Å². The first kappa shape index (κ1) is 22.2. The fraction of sp³-hybridized carbons (Fsp3) is 0.103. The van der Waals surface area contributed by atoms with Crippen molar-refractivity contribution in [3.63, 3.8) is 0 Å². The van der Waals surface area contributed by atoms with Gasteiger partial charge in [0.25, 0.3) is 11.8 Å². The Labute approximate surface area is 203 Å². The molecule has 4 aromatic rings. The second-order valence-corrected chi connectivity index (χ2v) is 8.28. The number of benzene rings is 4. The molecule has 0 aromatic heterocycles. The van der Waals surface area contributed by atoms with Crippen LogP contribution in [0.2, 0.25) is 0 Å². The molecule has 2 amide bonds. The van der Waals surface area contributed by atoms with Gasteiger partial charge in [-0.15, -0.1) is 0 Å². The lowest BCUT2D eigenvalue weighted by molar-refractivity contribution is -0.120. The minimum Gasteiger partial charge on any atom is -0.497 e. The lowest BCUT2D eigenvalue weighted by Crippen LogP contribution is -2.32. The third-order valence-corrected chi connectivity index (χ3v) is 6.07. The Bertz CT molecular complexity index is 1460. The number of nitrogens with one attached hydrogen (secondary N) is 1. The van der Waals surface area contributed by atoms with Crippen molar-refractivity contribution in [2.75, 3.05) is 24.4 Å². The molecule has 1 heterocycles. The van der Waals surface area contributed by atoms with Gasteiger partial charge in [0.05, 0.1) is 25.5 Å². The van der Waals surface area contributed by atoms with Gasteiger partial charge in [0.15, 0.2) is 0 Å². The summed E-state index contributed by atoms with van der Waals surface area (Å²) in [5.74, 6) is 0.0882. The maximum absolute atomic E-state index is 13.8. The number of rotatable bonds is 6. The molecular formula is C29H24N2O4. The van der Waals surface area contributed by atoms with Crippen molar-refractivity contribution in [3.05, 3.63) is 102 Å². The quantitative estimate of drug-likeness (QED) is 0.378. The molecule has 5 rings (SSSR count). The van der Waals surface area contributed by atoms with Gasteiger partial charge >= 0.3 is 0 Å². The zero-order chi connectivity index (χ0) is 24.5. The third kappa shape index (κ3) is 3.99. The van der Waals surface area contributed by atoms with E-state index in [1.54, 1.807) is 18.2 Å². The molecule has 0 saturated carbocycles. The normalized spacial score (nSPS) is 13.5. The van der Waals surface area contributed by atoms with Gasteiger partial charge in [-0.05, 0) is 23.9 Å². The number of hydrogen-bond donors (Lipinski definition) is 1. The molecule has 0 fully saturated rings. The SMILES string of the molecule is COc1cc(OC)cc(N2C(=O)C(Nc3cccc4ccccc34)=C(c3ccc(C)cc3)C2=O)c1. The Kier molecular flexibility index (Phi) is 5.71. The fourth-order valence-corrected chi connectivity index (χ4v) is 4.26. The Morgan fingerprint density at radius 1 is 0.743 bits per heavy atom. The predicted molar refractivity (Wildman–Crippen MR) is 138 cm³/mol. The fourth-order valence-electron chi connectivity index (χ4n) is 4.26. The van der Waals surface area contributed by atoms with Gasteiger partial charge in [0, 0.05) is 29.3 Å². The molecule has 1 aliphatic rings. The molecule has 0 saturated heterocycles. The highest BCUT2D eigenvalue weighted by molar-refractivity contribution is 6.46. The minimum atomic E-state index is -0.450. The first-order chi connectivity index (χ1) is 17.0. The summed E-state index contributed by atoms with van der Waals surface area (Å²) in [5, 5.41) is 5.27. The van der Waals surface area contributed by atoms with Gasteiger partial charge in [-0.1, -0.05) is 66.2 Å². The maximum atomic E-state index is 13.8. The smallest absolute Gasteiger partial charge is 0.282 e. The van der Waals surface area contributed by atoms with Crippen molar-refractivity contribution in [1.29, 1.82) is 0 Å². The number of hydrogen-bond acceptors (Lipinski definition) is 5. The van der Waals surface area contributed by atoms with Crippen LogP contribution >= 0.6 is 0 Å². The summed E-state index contributed by atoms with van der Waals surface area (Å²) in [6.45, 7) is 1.98. The molecular weight excluding hydrogens is 440 g/mol. The van der Waals surface area contributed by atoms with Crippen LogP contribution in [0.1, 0.15) is 11.1 Å². The number of carbonyl (C=O) groups excluding carboxylic acids is 2. The van der Waals surface area contributed by atoms with Crippen LogP contribution < -0.4 is 19.7 Å². The molecule has 0 radical (unpaired) electrons. The lowest BCUT2D eigenvalue weighted by Gasteiger charge is -2.17. The molecule has 4 aromatic carbocycles. The third-order valence-electron chi connectivity index (χ3n) is 6.07. The number of carbonyl (C=O) groups is 2. The Morgan fingerprint density at radius 2 is 1.40 bits per heavy atom. The number of methoxy groups -OCH3 is 2. The first-order valence-corrected chi connectivity index (χ1v) is 11.2. The Hall–Kier alpha value is -4.58. The summed E-state index contributed by atoms with van der Waals surface area (Å²) in [7, 11) is 3.05. The van der Waals surface area contributed by atoms with E-state index in [1.165, 1.54) is 14.2 Å². The van der Waals surface area contributed by atoms with Crippen molar-refractivity contribution < 1.29 is 19.1 Å². The molecule has 1 aliphatic heterocycles. The monoisotopic (exact) mass is 464 g/mol. The molecule has 0 atom stereocenters. The Morgan fingerprint density at radius 3 is 2.09 bits per heavy atom. The van der Waals surface area contributed by atoms with E-state index in [1.807, 2.05) is 73.7 Å². The summed E-state index contributed by atoms with van der Waals surface area (Å²) < 4.78 is 10.7. The number of ether oxygens (including phenoxy) is 2. The van der Waals surface area contributed by atoms with E-state index in [2.05, 4.69) is 5.32 Å². The van der Waals surface area contributed by atoms with Crippen molar-refractivity contribution in [1.82, 2.24) is 0 Å². The second-order valence-electron chi connectivity index (χ2n) is 8.28. The van der Waals surface area contributed by atoms with Gasteiger partial charge in [0.1, 0.15) is 17.2 Å². The molecule has 6 heteroatoms. The first-order valence-electron chi connectivity index (χ1n) is 11.2. The average Bonchev–Trinajstić information content (AvgIpc) is 3.13. The maximum Gasteiger partial charge on any atom is 0.282 e. The van der Waals surface area contributed by atoms with Crippen LogP contribution in [-0.4, -0.2) is 26.0 Å². The summed E-state index contributed by atoms with van der Waals surface area (Å²) in [4.78, 5) is 28.8. The van der Waals surface area contributed by atoms with Crippen LogP contribution in [-0.2, 0) is 9.59 Å². The van der Waals surface area contributed by atoms with Gasteiger partial charge in [0.2, 0.25) is 0 Å². The van der Waals surface area contributed by atoms with E-state index >= 15 is 0 Å². The number of nitrogens with zero attached hydrogens (tertiary/aromatic N) is 1. The van der Waals surface area contributed by atoms with Crippen molar-refractivity contribution in [2.45, 2.75) is 6.92 Å². The summed E-state index contributed by atoms with van der Waals surface area (Å²) in [5.41, 5.74) is 3.37. The average molecular weight is 465 g/mol. The number of anilines is 2. The van der Waals surface area contributed by atoms with Crippen LogP contribution in [0.25, 0.3) is 16.3 Å². The van der Waals surface area contributed by atoms with Gasteiger partial charge < -0.3 is 14.8 Å². The number of aryl methyl sites for hydroxylation is 1. The van der Waals surface area contributed by atoms with Gasteiger partial charge in [-0.25, -0.2) is 4.90 Å². The van der Waals surface area contributed by atoms with Crippen LogP contribution in [0.5, 0.6) is 11.5 Å². The Balaban J connectivity index is 1.66. The van der Waals surface area contributed by atoms with Crippen LogP contribution in [0.15, 0.2) is 90.6 Å². The topological polar surface area (TPSA) is 67.9 Å². The predicted octanol–water partition coefficient (Wildman–Crippen LogP) is 5.56. The second kappa shape index (κ2) is 8.99. The van der Waals surface area contributed by atoms with Crippen molar-refractivity contribution in [2.24, 2.45) is 0 Å². The van der Waals surface area contributed by atoms with Crippen LogP contribution in [0, 0.1) is 6.92 Å². The van der Waals surface area contributed by atoms with E-state index in [4.69, 9.17) is 9.47 Å². The van der Waals surface area contributed by atoms with E-state index < -0.39 is 11.8 Å². The highest BCUT2D eigenvalue weighted by Crippen LogP contribution is 2.37. The number of amides is 2. The largest absolute Gasteiger partial charge is 0.497 e. The minimum absolute atomic E-state index is 0.219. The molecule has 174 valence electrons.